The smallest absolute Gasteiger partial charge is 0.245 e. The summed E-state index contributed by atoms with van der Waals surface area (Å²) < 4.78 is 1.73. The Hall–Kier alpha value is -1.89. The Morgan fingerprint density at radius 2 is 2.04 bits per heavy atom. The van der Waals surface area contributed by atoms with Crippen molar-refractivity contribution in [3.63, 3.8) is 0 Å². The van der Waals surface area contributed by atoms with Gasteiger partial charge >= 0.3 is 0 Å². The zero-order chi connectivity index (χ0) is 17.1. The van der Waals surface area contributed by atoms with Crippen LogP contribution in [-0.4, -0.2) is 51.7 Å². The number of carbonyl (C=O) groups excluding carboxylic acids is 2. The molecular weight excluding hydrogens is 294 g/mol. The summed E-state index contributed by atoms with van der Waals surface area (Å²) in [5, 5.41) is 7.23. The maximum Gasteiger partial charge on any atom is 0.245 e. The topological polar surface area (TPSA) is 93.3 Å². The number of aromatic nitrogens is 2. The fourth-order valence-electron chi connectivity index (χ4n) is 3.30. The molecule has 0 spiro atoms. The number of carbonyl (C=O) groups is 2. The summed E-state index contributed by atoms with van der Waals surface area (Å²) >= 11 is 0. The molecule has 0 saturated carbocycles. The highest BCUT2D eigenvalue weighted by Gasteiger charge is 2.38. The highest BCUT2D eigenvalue weighted by Crippen LogP contribution is 2.19. The quantitative estimate of drug-likeness (QED) is 0.806. The molecule has 2 rings (SSSR count). The fraction of sp³-hybridized carbons (Fsp3) is 0.688. The molecule has 0 aromatic carbocycles. The molecule has 2 amide bonds. The Balaban J connectivity index is 2.14. The van der Waals surface area contributed by atoms with Crippen molar-refractivity contribution in [2.75, 3.05) is 13.1 Å². The largest absolute Gasteiger partial charge is 0.355 e. The second-order valence-corrected chi connectivity index (χ2v) is 6.11. The molecule has 1 aromatic rings. The van der Waals surface area contributed by atoms with Crippen LogP contribution in [0.4, 0.5) is 0 Å². The van der Waals surface area contributed by atoms with Crippen LogP contribution in [0.25, 0.3) is 0 Å². The van der Waals surface area contributed by atoms with Gasteiger partial charge < -0.3 is 16.0 Å². The average Bonchev–Trinajstić information content (AvgIpc) is 3.00. The van der Waals surface area contributed by atoms with Gasteiger partial charge in [-0.15, -0.1) is 0 Å². The molecule has 7 nitrogen and oxygen atoms in total. The summed E-state index contributed by atoms with van der Waals surface area (Å²) in [6.45, 7) is 8.98. The molecule has 2 heterocycles. The number of aryl methyl sites for hydroxylation is 1. The number of hydrogen-bond donors (Lipinski definition) is 2. The molecule has 1 aromatic heterocycles. The van der Waals surface area contributed by atoms with E-state index in [0.29, 0.717) is 19.5 Å². The van der Waals surface area contributed by atoms with E-state index in [-0.39, 0.29) is 24.4 Å². The van der Waals surface area contributed by atoms with Crippen molar-refractivity contribution in [1.82, 2.24) is 20.0 Å². The number of nitrogens with zero attached hydrogens (tertiary/aromatic N) is 3. The van der Waals surface area contributed by atoms with Crippen LogP contribution in [0.3, 0.4) is 0 Å². The number of amides is 2. The van der Waals surface area contributed by atoms with E-state index in [1.54, 1.807) is 9.58 Å². The lowest BCUT2D eigenvalue weighted by Gasteiger charge is -2.23. The van der Waals surface area contributed by atoms with Crippen LogP contribution in [0, 0.1) is 13.8 Å². The molecule has 0 aliphatic carbocycles. The van der Waals surface area contributed by atoms with Crippen molar-refractivity contribution in [3.05, 3.63) is 17.0 Å². The van der Waals surface area contributed by atoms with Crippen LogP contribution >= 0.6 is 0 Å². The molecule has 1 aliphatic heterocycles. The Bertz CT molecular complexity index is 596. The molecule has 0 radical (unpaired) electrons. The minimum absolute atomic E-state index is 0.109. The Morgan fingerprint density at radius 1 is 1.35 bits per heavy atom. The predicted molar refractivity (Wildman–Crippen MR) is 87.9 cm³/mol. The summed E-state index contributed by atoms with van der Waals surface area (Å²) in [4.78, 5) is 26.4. The van der Waals surface area contributed by atoms with Gasteiger partial charge in [0.05, 0.1) is 5.69 Å². The number of likely N-dealkylation sites (N-methyl/N-ethyl adjacent to an activating group) is 1. The third kappa shape index (κ3) is 3.55. The molecule has 1 aliphatic rings. The van der Waals surface area contributed by atoms with E-state index in [9.17, 15) is 9.59 Å². The van der Waals surface area contributed by atoms with Crippen molar-refractivity contribution in [1.29, 1.82) is 0 Å². The first-order valence-corrected chi connectivity index (χ1v) is 8.24. The maximum absolute atomic E-state index is 12.7. The van der Waals surface area contributed by atoms with E-state index < -0.39 is 6.04 Å². The molecule has 7 heteroatoms. The molecule has 1 saturated heterocycles. The summed E-state index contributed by atoms with van der Waals surface area (Å²) in [5.74, 6) is -0.237. The molecule has 2 atom stereocenters. The van der Waals surface area contributed by atoms with E-state index in [0.717, 1.165) is 17.8 Å². The van der Waals surface area contributed by atoms with Crippen LogP contribution in [0.5, 0.6) is 0 Å². The van der Waals surface area contributed by atoms with Gasteiger partial charge in [0.15, 0.2) is 0 Å². The zero-order valence-electron chi connectivity index (χ0n) is 14.4. The van der Waals surface area contributed by atoms with Gasteiger partial charge in [0.25, 0.3) is 0 Å². The van der Waals surface area contributed by atoms with Crippen molar-refractivity contribution in [2.45, 2.75) is 59.2 Å². The first kappa shape index (κ1) is 17.5. The Morgan fingerprint density at radius 3 is 2.61 bits per heavy atom. The van der Waals surface area contributed by atoms with Crippen LogP contribution < -0.4 is 11.1 Å². The summed E-state index contributed by atoms with van der Waals surface area (Å²) in [7, 11) is 0. The number of likely N-dealkylation sites (tertiary alicyclic amines) is 1. The van der Waals surface area contributed by atoms with Gasteiger partial charge in [0.1, 0.15) is 12.6 Å². The lowest BCUT2D eigenvalue weighted by atomic mass is 10.1. The van der Waals surface area contributed by atoms with Gasteiger partial charge in [-0.3, -0.25) is 14.3 Å². The van der Waals surface area contributed by atoms with Crippen molar-refractivity contribution < 1.29 is 9.59 Å². The number of nitrogens with one attached hydrogen (secondary N) is 1. The lowest BCUT2D eigenvalue weighted by molar-refractivity contribution is -0.139. The maximum atomic E-state index is 12.7. The van der Waals surface area contributed by atoms with E-state index in [2.05, 4.69) is 17.3 Å². The first-order chi connectivity index (χ1) is 10.9. The lowest BCUT2D eigenvalue weighted by Crippen LogP contribution is -2.47. The highest BCUT2D eigenvalue weighted by molar-refractivity contribution is 5.88. The van der Waals surface area contributed by atoms with Crippen molar-refractivity contribution in [3.8, 4) is 0 Å². The summed E-state index contributed by atoms with van der Waals surface area (Å²) in [6, 6.07) is -0.627. The molecule has 128 valence electrons. The molecule has 0 bridgehead atoms. The van der Waals surface area contributed by atoms with E-state index >= 15 is 0 Å². The third-order valence-corrected chi connectivity index (χ3v) is 4.48. The zero-order valence-corrected chi connectivity index (χ0v) is 14.4. The van der Waals surface area contributed by atoms with Gasteiger partial charge in [0, 0.05) is 24.8 Å². The number of rotatable bonds is 5. The Kier molecular flexibility index (Phi) is 5.41. The first-order valence-electron chi connectivity index (χ1n) is 8.24. The van der Waals surface area contributed by atoms with E-state index in [4.69, 9.17) is 5.73 Å². The van der Waals surface area contributed by atoms with Crippen LogP contribution in [-0.2, 0) is 22.6 Å². The molecule has 23 heavy (non-hydrogen) atoms. The molecule has 3 N–H and O–H groups in total. The summed E-state index contributed by atoms with van der Waals surface area (Å²) in [5.41, 5.74) is 9.11. The van der Waals surface area contributed by atoms with Crippen molar-refractivity contribution in [2.24, 2.45) is 5.73 Å². The van der Waals surface area contributed by atoms with Gasteiger partial charge in [-0.05, 0) is 39.2 Å². The minimum Gasteiger partial charge on any atom is -0.355 e. The fourth-order valence-corrected chi connectivity index (χ4v) is 3.30. The number of hydrogen-bond acceptors (Lipinski definition) is 4. The monoisotopic (exact) mass is 321 g/mol. The van der Waals surface area contributed by atoms with E-state index in [1.807, 2.05) is 20.8 Å². The highest BCUT2D eigenvalue weighted by atomic mass is 16.2. The molecule has 1 fully saturated rings. The third-order valence-electron chi connectivity index (χ3n) is 4.48. The van der Waals surface area contributed by atoms with Crippen LogP contribution in [0.1, 0.15) is 37.2 Å². The molecule has 0 unspecified atom stereocenters. The van der Waals surface area contributed by atoms with Gasteiger partial charge in [-0.25, -0.2) is 0 Å². The van der Waals surface area contributed by atoms with Gasteiger partial charge in [0.2, 0.25) is 11.8 Å². The van der Waals surface area contributed by atoms with Crippen LogP contribution in [0.15, 0.2) is 0 Å². The SMILES string of the molecule is CCNC(=O)[C@@H]1C[C@H](N)CN1C(=O)Cn1nc(C)c(CC)c1C. The second-order valence-electron chi connectivity index (χ2n) is 6.11. The normalized spacial score (nSPS) is 20.8. The van der Waals surface area contributed by atoms with E-state index in [1.165, 1.54) is 5.56 Å². The molecular formula is C16H27N5O2. The minimum atomic E-state index is -0.472. The summed E-state index contributed by atoms with van der Waals surface area (Å²) in [6.07, 6.45) is 1.40. The Labute approximate surface area is 137 Å². The predicted octanol–water partition coefficient (Wildman–Crippen LogP) is 0.127. The average molecular weight is 321 g/mol. The second kappa shape index (κ2) is 7.12. The van der Waals surface area contributed by atoms with Crippen molar-refractivity contribution >= 4 is 11.8 Å². The van der Waals surface area contributed by atoms with Crippen LogP contribution in [0.2, 0.25) is 0 Å². The van der Waals surface area contributed by atoms with Gasteiger partial charge in [-0.1, -0.05) is 6.92 Å². The standard InChI is InChI=1S/C16H27N5O2/c1-5-13-10(3)19-21(11(13)4)9-15(22)20-8-12(17)7-14(20)16(23)18-6-2/h12,14H,5-9,17H2,1-4H3,(H,18,23)/t12-,14-/m0/s1. The van der Waals surface area contributed by atoms with Gasteiger partial charge in [-0.2, -0.15) is 5.10 Å². The number of nitrogens with two attached hydrogens (primary N) is 1.